The first-order valence-corrected chi connectivity index (χ1v) is 8.70. The van der Waals surface area contributed by atoms with Crippen molar-refractivity contribution in [1.29, 1.82) is 0 Å². The average Bonchev–Trinajstić information content (AvgIpc) is 3.19. The van der Waals surface area contributed by atoms with Crippen molar-refractivity contribution in [2.45, 2.75) is 0 Å². The van der Waals surface area contributed by atoms with E-state index in [1.54, 1.807) is 0 Å². The number of nitrogens with one attached hydrogen (secondary N) is 2. The largest absolute Gasteiger partial charge is 0.486 e. The molecule has 0 bridgehead atoms. The zero-order chi connectivity index (χ0) is 18.9. The molecule has 4 N–H and O–H groups in total. The summed E-state index contributed by atoms with van der Waals surface area (Å²) in [7, 11) is 0. The Balaban J connectivity index is 1.38. The monoisotopic (exact) mass is 379 g/mol. The van der Waals surface area contributed by atoms with Gasteiger partial charge in [-0.15, -0.1) is 0 Å². The molecule has 2 aliphatic heterocycles. The SMILES string of the molecule is Nc1c(Nc2ccc3c(c2)OCCO3)ncnc1Nc1ccc2c(c1)OCO2. The number of aromatic nitrogens is 2. The summed E-state index contributed by atoms with van der Waals surface area (Å²) in [6.45, 7) is 1.29. The molecule has 3 aromatic rings. The Kier molecular flexibility index (Phi) is 3.90. The highest BCUT2D eigenvalue weighted by atomic mass is 16.7. The molecule has 2 aromatic carbocycles. The zero-order valence-electron chi connectivity index (χ0n) is 14.8. The van der Waals surface area contributed by atoms with Crippen molar-refractivity contribution in [1.82, 2.24) is 9.97 Å². The van der Waals surface area contributed by atoms with E-state index in [1.165, 1.54) is 6.33 Å². The van der Waals surface area contributed by atoms with Gasteiger partial charge < -0.3 is 35.3 Å². The number of fused-ring (bicyclic) bond motifs is 2. The highest BCUT2D eigenvalue weighted by Crippen LogP contribution is 2.37. The molecule has 0 atom stereocenters. The molecule has 9 heteroatoms. The van der Waals surface area contributed by atoms with Crippen molar-refractivity contribution in [3.8, 4) is 23.0 Å². The lowest BCUT2D eigenvalue weighted by molar-refractivity contribution is 0.171. The molecule has 1 aromatic heterocycles. The number of ether oxygens (including phenoxy) is 4. The molecular weight excluding hydrogens is 362 g/mol. The van der Waals surface area contributed by atoms with E-state index in [-0.39, 0.29) is 6.79 Å². The maximum atomic E-state index is 6.27. The van der Waals surface area contributed by atoms with Crippen LogP contribution in [-0.4, -0.2) is 30.0 Å². The predicted molar refractivity (Wildman–Crippen MR) is 103 cm³/mol. The Hall–Kier alpha value is -3.88. The van der Waals surface area contributed by atoms with E-state index in [0.717, 1.165) is 17.1 Å². The molecule has 0 amide bonds. The summed E-state index contributed by atoms with van der Waals surface area (Å²) in [6, 6.07) is 11.1. The molecule has 0 saturated carbocycles. The van der Waals surface area contributed by atoms with Gasteiger partial charge in [0.25, 0.3) is 0 Å². The van der Waals surface area contributed by atoms with Crippen LogP contribution in [0.4, 0.5) is 28.7 Å². The first-order chi connectivity index (χ1) is 13.8. The van der Waals surface area contributed by atoms with Crippen molar-refractivity contribution in [2.75, 3.05) is 36.4 Å². The van der Waals surface area contributed by atoms with Gasteiger partial charge in [-0.25, -0.2) is 9.97 Å². The van der Waals surface area contributed by atoms with Gasteiger partial charge in [0.2, 0.25) is 6.79 Å². The van der Waals surface area contributed by atoms with Crippen LogP contribution in [0.1, 0.15) is 0 Å². The molecule has 0 spiro atoms. The summed E-state index contributed by atoms with van der Waals surface area (Å²) in [4.78, 5) is 8.48. The molecule has 0 fully saturated rings. The lowest BCUT2D eigenvalue weighted by Gasteiger charge is -2.19. The number of anilines is 5. The van der Waals surface area contributed by atoms with E-state index in [1.807, 2.05) is 36.4 Å². The first-order valence-electron chi connectivity index (χ1n) is 8.70. The zero-order valence-corrected chi connectivity index (χ0v) is 14.8. The number of hydrogen-bond acceptors (Lipinski definition) is 9. The minimum absolute atomic E-state index is 0.220. The Morgan fingerprint density at radius 3 is 1.93 bits per heavy atom. The van der Waals surface area contributed by atoms with Gasteiger partial charge in [0, 0.05) is 23.5 Å². The third-order valence-corrected chi connectivity index (χ3v) is 4.32. The maximum absolute atomic E-state index is 6.27. The number of hydrogen-bond donors (Lipinski definition) is 3. The van der Waals surface area contributed by atoms with Crippen LogP contribution in [0.25, 0.3) is 0 Å². The van der Waals surface area contributed by atoms with Gasteiger partial charge in [0.15, 0.2) is 34.6 Å². The van der Waals surface area contributed by atoms with Crippen molar-refractivity contribution >= 4 is 28.7 Å². The van der Waals surface area contributed by atoms with Crippen molar-refractivity contribution in [3.63, 3.8) is 0 Å². The molecule has 28 heavy (non-hydrogen) atoms. The van der Waals surface area contributed by atoms with Gasteiger partial charge in [-0.3, -0.25) is 0 Å². The first kappa shape index (κ1) is 16.3. The summed E-state index contributed by atoms with van der Waals surface area (Å²) in [5, 5.41) is 6.38. The fourth-order valence-corrected chi connectivity index (χ4v) is 2.96. The van der Waals surface area contributed by atoms with Gasteiger partial charge in [0.1, 0.15) is 25.2 Å². The molecule has 142 valence electrons. The van der Waals surface area contributed by atoms with E-state index in [2.05, 4.69) is 20.6 Å². The fourth-order valence-electron chi connectivity index (χ4n) is 2.96. The van der Waals surface area contributed by atoms with Crippen molar-refractivity contribution in [3.05, 3.63) is 42.7 Å². The molecule has 0 aliphatic carbocycles. The molecule has 0 saturated heterocycles. The lowest BCUT2D eigenvalue weighted by Crippen LogP contribution is -2.15. The van der Waals surface area contributed by atoms with Crippen LogP contribution in [0.15, 0.2) is 42.7 Å². The van der Waals surface area contributed by atoms with E-state index in [9.17, 15) is 0 Å². The summed E-state index contributed by atoms with van der Waals surface area (Å²) >= 11 is 0. The minimum atomic E-state index is 0.220. The number of benzene rings is 2. The lowest BCUT2D eigenvalue weighted by atomic mass is 10.2. The second-order valence-corrected chi connectivity index (χ2v) is 6.16. The van der Waals surface area contributed by atoms with Crippen LogP contribution >= 0.6 is 0 Å². The quantitative estimate of drug-likeness (QED) is 0.629. The number of nitrogens with two attached hydrogens (primary N) is 1. The second-order valence-electron chi connectivity index (χ2n) is 6.16. The smallest absolute Gasteiger partial charge is 0.231 e. The molecule has 0 radical (unpaired) electrons. The van der Waals surface area contributed by atoms with Crippen LogP contribution in [0.5, 0.6) is 23.0 Å². The molecule has 0 unspecified atom stereocenters. The molecular formula is C19H17N5O4. The van der Waals surface area contributed by atoms with Gasteiger partial charge in [0.05, 0.1) is 0 Å². The van der Waals surface area contributed by atoms with E-state index < -0.39 is 0 Å². The summed E-state index contributed by atoms with van der Waals surface area (Å²) in [6.07, 6.45) is 1.44. The van der Waals surface area contributed by atoms with Crippen LogP contribution in [0.2, 0.25) is 0 Å². The standard InChI is InChI=1S/C19H17N5O4/c20-17-18(23-11-1-3-13-15(7-11)26-6-5-25-13)21-9-22-19(17)24-12-2-4-14-16(8-12)28-10-27-14/h1-4,7-9H,5-6,10,20H2,(H2,21,22,23,24). The number of rotatable bonds is 4. The van der Waals surface area contributed by atoms with Gasteiger partial charge >= 0.3 is 0 Å². The van der Waals surface area contributed by atoms with Crippen molar-refractivity contribution < 1.29 is 18.9 Å². The second kappa shape index (κ2) is 6.69. The Morgan fingerprint density at radius 2 is 1.25 bits per heavy atom. The Morgan fingerprint density at radius 1 is 0.714 bits per heavy atom. The van der Waals surface area contributed by atoms with Crippen LogP contribution in [0, 0.1) is 0 Å². The highest BCUT2D eigenvalue weighted by molar-refractivity contribution is 5.81. The minimum Gasteiger partial charge on any atom is -0.486 e. The molecule has 3 heterocycles. The van der Waals surface area contributed by atoms with E-state index in [4.69, 9.17) is 24.7 Å². The van der Waals surface area contributed by atoms with E-state index in [0.29, 0.717) is 47.8 Å². The summed E-state index contributed by atoms with van der Waals surface area (Å²) in [5.41, 5.74) is 8.21. The fraction of sp³-hybridized carbons (Fsp3) is 0.158. The number of nitrogens with zero attached hydrogens (tertiary/aromatic N) is 2. The highest BCUT2D eigenvalue weighted by Gasteiger charge is 2.16. The van der Waals surface area contributed by atoms with Gasteiger partial charge in [-0.05, 0) is 24.3 Å². The average molecular weight is 379 g/mol. The Bertz CT molecular complexity index is 1040. The third-order valence-electron chi connectivity index (χ3n) is 4.32. The third kappa shape index (κ3) is 3.02. The Labute approximate surface area is 160 Å². The van der Waals surface area contributed by atoms with Crippen LogP contribution in [0.3, 0.4) is 0 Å². The van der Waals surface area contributed by atoms with E-state index >= 15 is 0 Å². The molecule has 2 aliphatic rings. The summed E-state index contributed by atoms with van der Waals surface area (Å²) in [5.74, 6) is 3.75. The number of nitrogen functional groups attached to an aromatic ring is 1. The van der Waals surface area contributed by atoms with Crippen molar-refractivity contribution in [2.24, 2.45) is 0 Å². The van der Waals surface area contributed by atoms with Crippen LogP contribution in [-0.2, 0) is 0 Å². The van der Waals surface area contributed by atoms with Gasteiger partial charge in [-0.1, -0.05) is 0 Å². The van der Waals surface area contributed by atoms with Gasteiger partial charge in [-0.2, -0.15) is 0 Å². The topological polar surface area (TPSA) is 113 Å². The van der Waals surface area contributed by atoms with Crippen LogP contribution < -0.4 is 35.3 Å². The predicted octanol–water partition coefficient (Wildman–Crippen LogP) is 3.05. The molecule has 9 nitrogen and oxygen atoms in total. The maximum Gasteiger partial charge on any atom is 0.231 e. The molecule has 5 rings (SSSR count). The normalized spacial score (nSPS) is 13.9. The summed E-state index contributed by atoms with van der Waals surface area (Å²) < 4.78 is 21.9.